The van der Waals surface area contributed by atoms with Crippen LogP contribution in [0.3, 0.4) is 0 Å². The summed E-state index contributed by atoms with van der Waals surface area (Å²) in [5.74, 6) is -0.891. The lowest BCUT2D eigenvalue weighted by Crippen LogP contribution is -2.04. The third-order valence-corrected chi connectivity index (χ3v) is 5.64. The minimum absolute atomic E-state index is 0.150. The molecule has 0 saturated heterocycles. The Morgan fingerprint density at radius 2 is 1.79 bits per heavy atom. The van der Waals surface area contributed by atoms with E-state index in [0.29, 0.717) is 18.1 Å². The summed E-state index contributed by atoms with van der Waals surface area (Å²) in [7, 11) is 2.90. The zero-order valence-electron chi connectivity index (χ0n) is 19.3. The Bertz CT molecular complexity index is 1320. The molecule has 0 aliphatic rings. The molecule has 0 unspecified atom stereocenters. The summed E-state index contributed by atoms with van der Waals surface area (Å²) < 4.78 is 29.7. The number of ether oxygens (including phenoxy) is 2. The van der Waals surface area contributed by atoms with Crippen molar-refractivity contribution in [2.24, 2.45) is 0 Å². The normalized spacial score (nSPS) is 10.9. The van der Waals surface area contributed by atoms with Crippen molar-refractivity contribution in [2.75, 3.05) is 20.8 Å². The summed E-state index contributed by atoms with van der Waals surface area (Å²) >= 11 is 0. The molecule has 6 nitrogen and oxygen atoms in total. The minimum Gasteiger partial charge on any atom is -0.465 e. The number of aryl methyl sites for hydroxylation is 2. The van der Waals surface area contributed by atoms with Gasteiger partial charge in [-0.1, -0.05) is 35.5 Å². The molecule has 0 aliphatic heterocycles. The number of halogens is 1. The quantitative estimate of drug-likeness (QED) is 0.241. The van der Waals surface area contributed by atoms with E-state index in [9.17, 15) is 9.18 Å². The largest absolute Gasteiger partial charge is 0.465 e. The maximum absolute atomic E-state index is 14.3. The van der Waals surface area contributed by atoms with Gasteiger partial charge in [-0.25, -0.2) is 9.18 Å². The molecule has 1 heterocycles. The summed E-state index contributed by atoms with van der Waals surface area (Å²) in [5.41, 5.74) is 5.69. The summed E-state index contributed by atoms with van der Waals surface area (Å²) in [6, 6.07) is 18.4. The molecule has 174 valence electrons. The van der Waals surface area contributed by atoms with Crippen LogP contribution in [0.15, 0.2) is 65.2 Å². The molecule has 7 heteroatoms. The molecular formula is C27H25FN2O4. The number of hydrogen-bond acceptors (Lipinski definition) is 6. The highest BCUT2D eigenvalue weighted by Crippen LogP contribution is 2.32. The molecule has 0 bridgehead atoms. The second kappa shape index (κ2) is 10.4. The van der Waals surface area contributed by atoms with Crippen LogP contribution in [-0.4, -0.2) is 36.9 Å². The van der Waals surface area contributed by atoms with Gasteiger partial charge in [-0.2, -0.15) is 4.98 Å². The molecule has 0 radical (unpaired) electrons. The maximum atomic E-state index is 14.3. The van der Waals surface area contributed by atoms with Crippen molar-refractivity contribution >= 4 is 5.97 Å². The highest BCUT2D eigenvalue weighted by molar-refractivity contribution is 5.90. The number of esters is 1. The predicted molar refractivity (Wildman–Crippen MR) is 127 cm³/mol. The van der Waals surface area contributed by atoms with E-state index in [-0.39, 0.29) is 11.4 Å². The van der Waals surface area contributed by atoms with Gasteiger partial charge in [-0.05, 0) is 72.4 Å². The van der Waals surface area contributed by atoms with E-state index in [2.05, 4.69) is 46.1 Å². The van der Waals surface area contributed by atoms with Crippen molar-refractivity contribution in [1.82, 2.24) is 10.1 Å². The molecule has 0 saturated carbocycles. The van der Waals surface area contributed by atoms with Crippen molar-refractivity contribution in [2.45, 2.75) is 19.8 Å². The van der Waals surface area contributed by atoms with Crippen molar-refractivity contribution in [3.8, 4) is 34.0 Å². The third-order valence-electron chi connectivity index (χ3n) is 5.64. The van der Waals surface area contributed by atoms with Gasteiger partial charge < -0.3 is 14.0 Å². The van der Waals surface area contributed by atoms with Crippen molar-refractivity contribution in [3.05, 3.63) is 83.2 Å². The number of benzene rings is 3. The Balaban J connectivity index is 1.67. The number of methoxy groups -OCH3 is 2. The summed E-state index contributed by atoms with van der Waals surface area (Å²) in [5, 5.41) is 4.01. The average Bonchev–Trinajstić information content (AvgIpc) is 3.34. The van der Waals surface area contributed by atoms with Crippen LogP contribution in [0, 0.1) is 12.7 Å². The van der Waals surface area contributed by atoms with Crippen molar-refractivity contribution in [3.63, 3.8) is 0 Å². The predicted octanol–water partition coefficient (Wildman–Crippen LogP) is 5.88. The van der Waals surface area contributed by atoms with E-state index in [4.69, 9.17) is 9.26 Å². The maximum Gasteiger partial charge on any atom is 0.340 e. The van der Waals surface area contributed by atoms with E-state index < -0.39 is 11.8 Å². The number of hydrogen-bond donors (Lipinski definition) is 0. The van der Waals surface area contributed by atoms with Crippen LogP contribution in [0.2, 0.25) is 0 Å². The van der Waals surface area contributed by atoms with Crippen LogP contribution in [0.4, 0.5) is 4.39 Å². The highest BCUT2D eigenvalue weighted by Gasteiger charge is 2.17. The monoisotopic (exact) mass is 460 g/mol. The van der Waals surface area contributed by atoms with Crippen LogP contribution in [0.1, 0.15) is 27.9 Å². The van der Waals surface area contributed by atoms with Gasteiger partial charge in [0.05, 0.1) is 12.7 Å². The number of aromatic nitrogens is 2. The molecule has 4 rings (SSSR count). The molecule has 0 amide bonds. The van der Waals surface area contributed by atoms with Gasteiger partial charge in [0.1, 0.15) is 5.82 Å². The van der Waals surface area contributed by atoms with Gasteiger partial charge in [-0.3, -0.25) is 0 Å². The fourth-order valence-corrected chi connectivity index (χ4v) is 3.87. The van der Waals surface area contributed by atoms with Gasteiger partial charge in [0.15, 0.2) is 0 Å². The van der Waals surface area contributed by atoms with Crippen LogP contribution in [0.5, 0.6) is 0 Å². The van der Waals surface area contributed by atoms with E-state index in [1.807, 2.05) is 18.2 Å². The molecule has 0 aliphatic carbocycles. The van der Waals surface area contributed by atoms with Crippen LogP contribution in [-0.2, 0) is 15.9 Å². The van der Waals surface area contributed by atoms with Crippen LogP contribution in [0.25, 0.3) is 34.0 Å². The lowest BCUT2D eigenvalue weighted by atomic mass is 9.92. The molecule has 0 N–H and O–H groups in total. The fourth-order valence-electron chi connectivity index (χ4n) is 3.87. The topological polar surface area (TPSA) is 74.5 Å². The van der Waals surface area contributed by atoms with Crippen molar-refractivity contribution < 1.29 is 23.2 Å². The van der Waals surface area contributed by atoms with Gasteiger partial charge in [0.25, 0.3) is 5.89 Å². The van der Waals surface area contributed by atoms with E-state index in [0.717, 1.165) is 29.5 Å². The van der Waals surface area contributed by atoms with E-state index in [1.165, 1.54) is 30.4 Å². The molecular weight excluding hydrogens is 435 g/mol. The number of nitrogens with zero attached hydrogens (tertiary/aromatic N) is 2. The Labute approximate surface area is 197 Å². The Kier molecular flexibility index (Phi) is 7.13. The third kappa shape index (κ3) is 4.89. The fraction of sp³-hybridized carbons (Fsp3) is 0.222. The second-order valence-corrected chi connectivity index (χ2v) is 7.89. The zero-order valence-corrected chi connectivity index (χ0v) is 19.3. The van der Waals surface area contributed by atoms with Crippen LogP contribution < -0.4 is 0 Å². The number of carbonyl (C=O) groups is 1. The lowest BCUT2D eigenvalue weighted by molar-refractivity contribution is 0.0595. The Morgan fingerprint density at radius 1 is 1.00 bits per heavy atom. The lowest BCUT2D eigenvalue weighted by Gasteiger charge is -2.13. The van der Waals surface area contributed by atoms with Crippen LogP contribution >= 0.6 is 0 Å². The molecule has 34 heavy (non-hydrogen) atoms. The summed E-state index contributed by atoms with van der Waals surface area (Å²) in [6.07, 6.45) is 1.70. The first-order chi connectivity index (χ1) is 16.5. The van der Waals surface area contributed by atoms with Gasteiger partial charge in [0, 0.05) is 24.8 Å². The van der Waals surface area contributed by atoms with Gasteiger partial charge >= 0.3 is 5.97 Å². The number of carbonyl (C=O) groups excluding carboxylic acids is 1. The second-order valence-electron chi connectivity index (χ2n) is 7.89. The smallest absolute Gasteiger partial charge is 0.340 e. The van der Waals surface area contributed by atoms with Gasteiger partial charge in [-0.15, -0.1) is 0 Å². The first-order valence-corrected chi connectivity index (χ1v) is 10.9. The standard InChI is InChI=1S/C27H25FN2O4/c1-17-7-4-5-9-21(17)22-12-11-20(15-18(22)8-6-14-32-2)26-29-25(30-34-26)19-10-13-23(24(28)16-19)27(31)33-3/h4-5,7,9-13,15-16H,6,8,14H2,1-3H3. The van der Waals surface area contributed by atoms with E-state index >= 15 is 0 Å². The number of rotatable bonds is 8. The molecule has 0 spiro atoms. The SMILES string of the molecule is COCCCc1cc(-c2nc(-c3ccc(C(=O)OC)c(F)c3)no2)ccc1-c1ccccc1C. The zero-order chi connectivity index (χ0) is 24.1. The van der Waals surface area contributed by atoms with Crippen molar-refractivity contribution in [1.29, 1.82) is 0 Å². The molecule has 0 fully saturated rings. The summed E-state index contributed by atoms with van der Waals surface area (Å²) in [4.78, 5) is 16.1. The molecule has 1 aromatic heterocycles. The molecule has 0 atom stereocenters. The summed E-state index contributed by atoms with van der Waals surface area (Å²) in [6.45, 7) is 2.76. The van der Waals surface area contributed by atoms with Gasteiger partial charge in [0.2, 0.25) is 5.82 Å². The Morgan fingerprint density at radius 3 is 2.53 bits per heavy atom. The molecule has 4 aromatic rings. The van der Waals surface area contributed by atoms with E-state index in [1.54, 1.807) is 13.2 Å². The Hall–Kier alpha value is -3.84. The first kappa shape index (κ1) is 23.3. The minimum atomic E-state index is -0.743. The first-order valence-electron chi connectivity index (χ1n) is 10.9. The molecule has 3 aromatic carbocycles. The highest BCUT2D eigenvalue weighted by atomic mass is 19.1. The average molecular weight is 461 g/mol.